The Balaban J connectivity index is 1.98. The topological polar surface area (TPSA) is 64.4 Å². The molecule has 2 heterocycles. The average Bonchev–Trinajstić information content (AvgIpc) is 2.60. The number of nitrogens with zero attached hydrogens (tertiary/aromatic N) is 3. The summed E-state index contributed by atoms with van der Waals surface area (Å²) >= 11 is 6.00. The van der Waals surface area contributed by atoms with Gasteiger partial charge >= 0.3 is 5.97 Å². The number of esters is 1. The Kier molecular flexibility index (Phi) is 4.53. The fourth-order valence-electron chi connectivity index (χ4n) is 2.45. The molecule has 0 amide bonds. The number of pyridine rings is 2. The minimum atomic E-state index is -0.432. The van der Waals surface area contributed by atoms with Gasteiger partial charge in [-0.2, -0.15) is 0 Å². The van der Waals surface area contributed by atoms with Gasteiger partial charge in [-0.3, -0.25) is 4.98 Å². The van der Waals surface area contributed by atoms with E-state index in [9.17, 15) is 4.79 Å². The number of halogens is 1. The molecule has 0 saturated carbocycles. The van der Waals surface area contributed by atoms with E-state index in [0.29, 0.717) is 28.5 Å². The molecule has 6 heteroatoms. The first-order chi connectivity index (χ1) is 11.6. The van der Waals surface area contributed by atoms with Crippen molar-refractivity contribution in [2.75, 3.05) is 7.11 Å². The van der Waals surface area contributed by atoms with Crippen LogP contribution in [0.1, 0.15) is 21.6 Å². The lowest BCUT2D eigenvalue weighted by Crippen LogP contribution is -2.03. The van der Waals surface area contributed by atoms with Crippen LogP contribution in [0, 0.1) is 0 Å². The third-order valence-electron chi connectivity index (χ3n) is 3.55. The molecule has 0 aliphatic heterocycles. The first-order valence-electron chi connectivity index (χ1n) is 7.19. The van der Waals surface area contributed by atoms with Gasteiger partial charge in [0.25, 0.3) is 0 Å². The number of carbonyl (C=O) groups excluding carboxylic acids is 1. The summed E-state index contributed by atoms with van der Waals surface area (Å²) in [5.74, 6) is -0.0450. The summed E-state index contributed by atoms with van der Waals surface area (Å²) < 4.78 is 4.76. The van der Waals surface area contributed by atoms with Crippen LogP contribution in [0.5, 0.6) is 0 Å². The summed E-state index contributed by atoms with van der Waals surface area (Å²) in [5, 5.41) is 1.54. The fourth-order valence-corrected chi connectivity index (χ4v) is 2.62. The van der Waals surface area contributed by atoms with Gasteiger partial charge in [0.05, 0.1) is 23.2 Å². The van der Waals surface area contributed by atoms with Crippen LogP contribution in [0.2, 0.25) is 5.02 Å². The van der Waals surface area contributed by atoms with Crippen molar-refractivity contribution in [3.8, 4) is 0 Å². The predicted octanol–water partition coefficient (Wildman–Crippen LogP) is 3.99. The first kappa shape index (κ1) is 16.1. The molecule has 2 aromatic heterocycles. The maximum absolute atomic E-state index is 11.8. The number of aromatic nitrogens is 2. The van der Waals surface area contributed by atoms with E-state index >= 15 is 0 Å². The second kappa shape index (κ2) is 6.76. The van der Waals surface area contributed by atoms with Crippen LogP contribution in [0.15, 0.2) is 47.6 Å². The third kappa shape index (κ3) is 3.41. The molecule has 0 fully saturated rings. The molecule has 1 aromatic carbocycles. The number of hydrogen-bond donors (Lipinski definition) is 0. The molecule has 5 nitrogen and oxygen atoms in total. The maximum atomic E-state index is 11.8. The fraction of sp³-hybridized carbons (Fsp3) is 0.111. The normalized spacial score (nSPS) is 10.6. The largest absolute Gasteiger partial charge is 0.465 e. The monoisotopic (exact) mass is 339 g/mol. The van der Waals surface area contributed by atoms with Crippen molar-refractivity contribution in [2.24, 2.45) is 4.99 Å². The van der Waals surface area contributed by atoms with Crippen molar-refractivity contribution in [3.63, 3.8) is 0 Å². The van der Waals surface area contributed by atoms with Crippen LogP contribution >= 0.6 is 11.6 Å². The molecule has 0 aliphatic rings. The van der Waals surface area contributed by atoms with Crippen molar-refractivity contribution in [1.82, 2.24) is 9.97 Å². The zero-order valence-corrected chi connectivity index (χ0v) is 13.7. The van der Waals surface area contributed by atoms with E-state index in [1.165, 1.54) is 7.11 Å². The van der Waals surface area contributed by atoms with E-state index in [2.05, 4.69) is 21.7 Å². The predicted molar refractivity (Wildman–Crippen MR) is 94.3 cm³/mol. The highest BCUT2D eigenvalue weighted by Gasteiger charge is 2.10. The van der Waals surface area contributed by atoms with Crippen LogP contribution in [-0.2, 0) is 11.2 Å². The highest BCUT2D eigenvalue weighted by atomic mass is 35.5. The van der Waals surface area contributed by atoms with E-state index in [-0.39, 0.29) is 0 Å². The summed E-state index contributed by atoms with van der Waals surface area (Å²) in [6, 6.07) is 11.0. The lowest BCUT2D eigenvalue weighted by Gasteiger charge is -2.07. The number of ether oxygens (including phenoxy) is 1. The molecule has 120 valence electrons. The summed E-state index contributed by atoms with van der Waals surface area (Å²) in [5.41, 5.74) is 2.99. The molecule has 0 N–H and O–H groups in total. The second-order valence-corrected chi connectivity index (χ2v) is 5.65. The van der Waals surface area contributed by atoms with Gasteiger partial charge in [0, 0.05) is 23.7 Å². The molecule has 0 radical (unpaired) electrons. The van der Waals surface area contributed by atoms with Crippen LogP contribution in [-0.4, -0.2) is 29.8 Å². The number of methoxy groups -OCH3 is 1. The first-order valence-corrected chi connectivity index (χ1v) is 7.57. The van der Waals surface area contributed by atoms with Crippen LogP contribution in [0.3, 0.4) is 0 Å². The van der Waals surface area contributed by atoms with Gasteiger partial charge in [0.2, 0.25) is 0 Å². The Bertz CT molecular complexity index is 941. The van der Waals surface area contributed by atoms with Gasteiger partial charge in [-0.05, 0) is 42.6 Å². The molecular formula is C18H14ClN3O2. The third-order valence-corrected chi connectivity index (χ3v) is 3.75. The Labute approximate surface area is 144 Å². The highest BCUT2D eigenvalue weighted by molar-refractivity contribution is 6.31. The average molecular weight is 340 g/mol. The Morgan fingerprint density at radius 2 is 2.12 bits per heavy atom. The van der Waals surface area contributed by atoms with E-state index < -0.39 is 5.97 Å². The summed E-state index contributed by atoms with van der Waals surface area (Å²) in [4.78, 5) is 24.2. The quantitative estimate of drug-likeness (QED) is 0.532. The number of benzene rings is 1. The number of fused-ring (bicyclic) bond motifs is 1. The van der Waals surface area contributed by atoms with Crippen LogP contribution < -0.4 is 0 Å². The van der Waals surface area contributed by atoms with Crippen molar-refractivity contribution < 1.29 is 9.53 Å². The van der Waals surface area contributed by atoms with Crippen molar-refractivity contribution in [3.05, 3.63) is 64.4 Å². The van der Waals surface area contributed by atoms with E-state index in [4.69, 9.17) is 16.3 Å². The van der Waals surface area contributed by atoms with Gasteiger partial charge in [-0.25, -0.2) is 14.8 Å². The number of rotatable bonds is 4. The van der Waals surface area contributed by atoms with Crippen LogP contribution in [0.4, 0.5) is 5.82 Å². The Morgan fingerprint density at radius 3 is 2.88 bits per heavy atom. The number of aliphatic imine (C=N–C) groups is 1. The van der Waals surface area contributed by atoms with Gasteiger partial charge in [0.15, 0.2) is 5.82 Å². The minimum absolute atomic E-state index is 0.387. The van der Waals surface area contributed by atoms with Crippen LogP contribution in [0.25, 0.3) is 10.9 Å². The van der Waals surface area contributed by atoms with Crippen molar-refractivity contribution in [1.29, 1.82) is 0 Å². The molecule has 24 heavy (non-hydrogen) atoms. The zero-order valence-electron chi connectivity index (χ0n) is 13.0. The molecule has 0 bridgehead atoms. The molecule has 0 atom stereocenters. The summed E-state index contributed by atoms with van der Waals surface area (Å²) in [6.45, 7) is 3.47. The minimum Gasteiger partial charge on any atom is -0.465 e. The maximum Gasteiger partial charge on any atom is 0.338 e. The molecule has 0 aliphatic carbocycles. The van der Waals surface area contributed by atoms with E-state index in [1.807, 2.05) is 24.3 Å². The highest BCUT2D eigenvalue weighted by Crippen LogP contribution is 2.21. The zero-order chi connectivity index (χ0) is 17.1. The summed E-state index contributed by atoms with van der Waals surface area (Å²) in [7, 11) is 1.34. The summed E-state index contributed by atoms with van der Waals surface area (Å²) in [6.07, 6.45) is 2.16. The van der Waals surface area contributed by atoms with Gasteiger partial charge in [0.1, 0.15) is 0 Å². The second-order valence-electron chi connectivity index (χ2n) is 5.21. The molecule has 3 aromatic rings. The molecule has 0 saturated heterocycles. The van der Waals surface area contributed by atoms with Gasteiger partial charge < -0.3 is 4.74 Å². The molecule has 0 unspecified atom stereocenters. The Hall–Kier alpha value is -2.79. The molecular weight excluding hydrogens is 326 g/mol. The molecule has 3 rings (SSSR count). The molecule has 0 spiro atoms. The van der Waals surface area contributed by atoms with Gasteiger partial charge in [-0.1, -0.05) is 17.7 Å². The van der Waals surface area contributed by atoms with Crippen molar-refractivity contribution >= 4 is 41.0 Å². The number of hydrogen-bond acceptors (Lipinski definition) is 5. The standard InChI is InChI=1S/C18H14ClN3O2/c1-20-17-9-13(18(23)24-2)8-15(22-17)6-11-3-4-16-12(5-11)7-14(19)10-21-16/h3-5,7-10H,1,6H2,2H3. The Morgan fingerprint density at radius 1 is 1.29 bits per heavy atom. The lowest BCUT2D eigenvalue weighted by atomic mass is 10.0. The van der Waals surface area contributed by atoms with Crippen molar-refractivity contribution in [2.45, 2.75) is 6.42 Å². The van der Waals surface area contributed by atoms with E-state index in [0.717, 1.165) is 16.5 Å². The number of carbonyl (C=O) groups is 1. The smallest absolute Gasteiger partial charge is 0.338 e. The lowest BCUT2D eigenvalue weighted by molar-refractivity contribution is 0.0600. The SMILES string of the molecule is C=Nc1cc(C(=O)OC)cc(Cc2ccc3ncc(Cl)cc3c2)n1. The van der Waals surface area contributed by atoms with Gasteiger partial charge in [-0.15, -0.1) is 0 Å². The van der Waals surface area contributed by atoms with E-state index in [1.54, 1.807) is 18.3 Å².